The molecule has 1 atom stereocenters. The predicted octanol–water partition coefficient (Wildman–Crippen LogP) is 3.15. The van der Waals surface area contributed by atoms with E-state index in [2.05, 4.69) is 0 Å². The maximum Gasteiger partial charge on any atom is 0.275 e. The van der Waals surface area contributed by atoms with Crippen molar-refractivity contribution < 1.29 is 17.6 Å². The zero-order chi connectivity index (χ0) is 12.4. The third-order valence-electron chi connectivity index (χ3n) is 2.30. The summed E-state index contributed by atoms with van der Waals surface area (Å²) in [5.74, 6) is -3.35. The van der Waals surface area contributed by atoms with Gasteiger partial charge in [-0.1, -0.05) is 30.3 Å². The monoisotopic (exact) mass is 235 g/mol. The summed E-state index contributed by atoms with van der Waals surface area (Å²) < 4.78 is 52.0. The van der Waals surface area contributed by atoms with Gasteiger partial charge >= 0.3 is 0 Å². The topological polar surface area (TPSA) is 26.0 Å². The normalized spacial score (nSPS) is 16.2. The molecule has 2 N–H and O–H groups in total. The lowest BCUT2D eigenvalue weighted by atomic mass is 9.92. The van der Waals surface area contributed by atoms with E-state index < -0.39 is 24.3 Å². The molecule has 0 spiro atoms. The number of nitrogens with two attached hydrogens (primary N) is 1. The van der Waals surface area contributed by atoms with Crippen molar-refractivity contribution in [3.63, 3.8) is 0 Å². The molecular formula is C11H13F4N. The summed E-state index contributed by atoms with van der Waals surface area (Å²) in [6, 6.07) is 6.83. The van der Waals surface area contributed by atoms with E-state index in [0.29, 0.717) is 0 Å². The zero-order valence-electron chi connectivity index (χ0n) is 8.76. The Hall–Kier alpha value is -1.10. The van der Waals surface area contributed by atoms with Gasteiger partial charge in [-0.15, -0.1) is 0 Å². The van der Waals surface area contributed by atoms with E-state index in [1.165, 1.54) is 24.3 Å². The molecule has 90 valence electrons. The van der Waals surface area contributed by atoms with Crippen molar-refractivity contribution in [1.29, 1.82) is 0 Å². The molecule has 1 aromatic rings. The van der Waals surface area contributed by atoms with Crippen molar-refractivity contribution in [2.45, 2.75) is 31.2 Å². The molecule has 0 radical (unpaired) electrons. The van der Waals surface area contributed by atoms with Gasteiger partial charge in [0.2, 0.25) is 0 Å². The van der Waals surface area contributed by atoms with Crippen LogP contribution in [0.2, 0.25) is 0 Å². The van der Waals surface area contributed by atoms with Gasteiger partial charge in [-0.25, -0.2) is 17.6 Å². The lowest BCUT2D eigenvalue weighted by Crippen LogP contribution is -2.47. The van der Waals surface area contributed by atoms with Gasteiger partial charge in [0, 0.05) is 12.0 Å². The first-order valence-electron chi connectivity index (χ1n) is 4.76. The minimum atomic E-state index is -3.35. The molecule has 0 heterocycles. The molecular weight excluding hydrogens is 222 g/mol. The molecule has 1 unspecified atom stereocenters. The Morgan fingerprint density at radius 3 is 2.12 bits per heavy atom. The van der Waals surface area contributed by atoms with Crippen molar-refractivity contribution in [1.82, 2.24) is 0 Å². The Bertz CT molecular complexity index is 335. The predicted molar refractivity (Wildman–Crippen MR) is 53.5 cm³/mol. The Balaban J connectivity index is 2.88. The molecule has 0 aromatic heterocycles. The Morgan fingerprint density at radius 2 is 1.69 bits per heavy atom. The van der Waals surface area contributed by atoms with Crippen LogP contribution >= 0.6 is 0 Å². The molecule has 0 fully saturated rings. The summed E-state index contributed by atoms with van der Waals surface area (Å²) in [5, 5.41) is 0. The van der Waals surface area contributed by atoms with Gasteiger partial charge in [-0.05, 0) is 6.92 Å². The second kappa shape index (κ2) is 4.41. The summed E-state index contributed by atoms with van der Waals surface area (Å²) in [6.45, 7) is 0.925. The molecule has 5 heteroatoms. The fourth-order valence-corrected chi connectivity index (χ4v) is 1.34. The number of benzene rings is 1. The van der Waals surface area contributed by atoms with Crippen LogP contribution < -0.4 is 5.73 Å². The quantitative estimate of drug-likeness (QED) is 0.797. The van der Waals surface area contributed by atoms with E-state index in [0.717, 1.165) is 6.92 Å². The highest BCUT2D eigenvalue weighted by Crippen LogP contribution is 2.36. The van der Waals surface area contributed by atoms with E-state index in [9.17, 15) is 17.6 Å². The first-order chi connectivity index (χ1) is 7.26. The van der Waals surface area contributed by atoms with Crippen LogP contribution in [-0.2, 0) is 5.92 Å². The maximum atomic E-state index is 13.6. The van der Waals surface area contributed by atoms with Crippen LogP contribution in [0.1, 0.15) is 18.9 Å². The Labute approximate surface area is 91.3 Å². The van der Waals surface area contributed by atoms with Crippen LogP contribution in [0.15, 0.2) is 30.3 Å². The molecule has 0 saturated carbocycles. The van der Waals surface area contributed by atoms with Crippen molar-refractivity contribution in [2.75, 3.05) is 0 Å². The van der Waals surface area contributed by atoms with Crippen molar-refractivity contribution in [2.24, 2.45) is 5.73 Å². The first kappa shape index (κ1) is 13.0. The number of alkyl halides is 4. The van der Waals surface area contributed by atoms with Crippen LogP contribution in [0.3, 0.4) is 0 Å². The summed E-state index contributed by atoms with van der Waals surface area (Å²) in [5.41, 5.74) is 2.66. The van der Waals surface area contributed by atoms with E-state index in [4.69, 9.17) is 5.73 Å². The van der Waals surface area contributed by atoms with E-state index >= 15 is 0 Å². The molecule has 0 aliphatic heterocycles. The van der Waals surface area contributed by atoms with Gasteiger partial charge in [0.1, 0.15) is 0 Å². The Morgan fingerprint density at radius 1 is 1.19 bits per heavy atom. The van der Waals surface area contributed by atoms with Gasteiger partial charge in [0.25, 0.3) is 12.3 Å². The van der Waals surface area contributed by atoms with Crippen molar-refractivity contribution in [3.05, 3.63) is 35.9 Å². The second-order valence-corrected chi connectivity index (χ2v) is 4.05. The Kier molecular flexibility index (Phi) is 3.57. The van der Waals surface area contributed by atoms with Gasteiger partial charge < -0.3 is 5.73 Å². The number of rotatable bonds is 4. The van der Waals surface area contributed by atoms with Gasteiger partial charge in [-0.3, -0.25) is 0 Å². The molecule has 0 amide bonds. The van der Waals surface area contributed by atoms with Crippen LogP contribution in [0.5, 0.6) is 0 Å². The van der Waals surface area contributed by atoms with Gasteiger partial charge in [0.15, 0.2) is 0 Å². The van der Waals surface area contributed by atoms with Crippen LogP contribution in [0.4, 0.5) is 17.6 Å². The third-order valence-corrected chi connectivity index (χ3v) is 2.30. The second-order valence-electron chi connectivity index (χ2n) is 4.05. The molecule has 0 bridgehead atoms. The summed E-state index contributed by atoms with van der Waals surface area (Å²) >= 11 is 0. The van der Waals surface area contributed by atoms with Crippen LogP contribution in [0, 0.1) is 0 Å². The third kappa shape index (κ3) is 2.95. The molecule has 1 nitrogen and oxygen atoms in total. The maximum absolute atomic E-state index is 13.6. The molecule has 16 heavy (non-hydrogen) atoms. The lowest BCUT2D eigenvalue weighted by Gasteiger charge is -2.28. The van der Waals surface area contributed by atoms with Crippen molar-refractivity contribution >= 4 is 0 Å². The van der Waals surface area contributed by atoms with Crippen LogP contribution in [-0.4, -0.2) is 12.0 Å². The molecule has 0 aliphatic carbocycles. The smallest absolute Gasteiger partial charge is 0.275 e. The average molecular weight is 235 g/mol. The lowest BCUT2D eigenvalue weighted by molar-refractivity contribution is -0.0628. The summed E-state index contributed by atoms with van der Waals surface area (Å²) in [4.78, 5) is 0. The standard InChI is InChI=1S/C11H13F4N/c1-10(16,9(12)13)7-11(14,15)8-5-3-2-4-6-8/h2-6,9H,7,16H2,1H3. The van der Waals surface area contributed by atoms with E-state index in [1.54, 1.807) is 6.07 Å². The highest BCUT2D eigenvalue weighted by Gasteiger charge is 2.43. The van der Waals surface area contributed by atoms with E-state index in [1.807, 2.05) is 0 Å². The average Bonchev–Trinajstić information content (AvgIpc) is 2.17. The highest BCUT2D eigenvalue weighted by molar-refractivity contribution is 5.20. The minimum Gasteiger partial charge on any atom is -0.320 e. The summed E-state index contributed by atoms with van der Waals surface area (Å²) in [7, 11) is 0. The van der Waals surface area contributed by atoms with E-state index in [-0.39, 0.29) is 5.56 Å². The number of hydrogen-bond acceptors (Lipinski definition) is 1. The minimum absolute atomic E-state index is 0.299. The number of hydrogen-bond donors (Lipinski definition) is 1. The fraction of sp³-hybridized carbons (Fsp3) is 0.455. The van der Waals surface area contributed by atoms with Crippen LogP contribution in [0.25, 0.3) is 0 Å². The largest absolute Gasteiger partial charge is 0.320 e. The SMILES string of the molecule is CC(N)(CC(F)(F)c1ccccc1)C(F)F. The first-order valence-corrected chi connectivity index (χ1v) is 4.76. The fourth-order valence-electron chi connectivity index (χ4n) is 1.34. The molecule has 0 aliphatic rings. The molecule has 1 rings (SSSR count). The van der Waals surface area contributed by atoms with Crippen molar-refractivity contribution in [3.8, 4) is 0 Å². The zero-order valence-corrected chi connectivity index (χ0v) is 8.76. The highest BCUT2D eigenvalue weighted by atomic mass is 19.3. The molecule has 0 saturated heterocycles. The molecule has 1 aromatic carbocycles. The summed E-state index contributed by atoms with van der Waals surface area (Å²) in [6.07, 6.45) is -4.07. The van der Waals surface area contributed by atoms with Gasteiger partial charge in [0.05, 0.1) is 5.54 Å². The van der Waals surface area contributed by atoms with Gasteiger partial charge in [-0.2, -0.15) is 0 Å². The number of halogens is 4.